The molecule has 6 heteroatoms. The molecular weight excluding hydrogens is 252 g/mol. The van der Waals surface area contributed by atoms with E-state index >= 15 is 0 Å². The van der Waals surface area contributed by atoms with E-state index < -0.39 is 5.97 Å². The number of hydrogen-bond donors (Lipinski definition) is 2. The number of aromatic carboxylic acids is 1. The van der Waals surface area contributed by atoms with Gasteiger partial charge in [0.2, 0.25) is 0 Å². The van der Waals surface area contributed by atoms with Crippen molar-refractivity contribution < 1.29 is 14.7 Å². The number of rotatable bonds is 3. The van der Waals surface area contributed by atoms with E-state index in [0.29, 0.717) is 5.56 Å². The molecule has 1 aromatic heterocycles. The first-order chi connectivity index (χ1) is 8.58. The van der Waals surface area contributed by atoms with E-state index in [9.17, 15) is 9.59 Å². The lowest BCUT2D eigenvalue weighted by Gasteiger charge is -2.04. The summed E-state index contributed by atoms with van der Waals surface area (Å²) in [5.74, 6) is -1.40. The van der Waals surface area contributed by atoms with Crippen molar-refractivity contribution >= 4 is 28.3 Å². The van der Waals surface area contributed by atoms with Crippen LogP contribution in [0.25, 0.3) is 0 Å². The first-order valence-electron chi connectivity index (χ1n) is 5.13. The van der Waals surface area contributed by atoms with Crippen molar-refractivity contribution in [3.8, 4) is 0 Å². The molecule has 0 aliphatic carbocycles. The average Bonchev–Trinajstić information content (AvgIpc) is 2.78. The second-order valence-electron chi connectivity index (χ2n) is 3.61. The van der Waals surface area contributed by atoms with Crippen molar-refractivity contribution in [2.24, 2.45) is 0 Å². The van der Waals surface area contributed by atoms with Crippen molar-refractivity contribution in [2.45, 2.75) is 6.92 Å². The number of carbonyl (C=O) groups is 2. The second kappa shape index (κ2) is 4.97. The molecular formula is C12H10N2O3S. The zero-order valence-corrected chi connectivity index (χ0v) is 10.3. The molecule has 2 N–H and O–H groups in total. The summed E-state index contributed by atoms with van der Waals surface area (Å²) in [5, 5.41) is 13.0. The van der Waals surface area contributed by atoms with Gasteiger partial charge in [-0.2, -0.15) is 0 Å². The highest BCUT2D eigenvalue weighted by molar-refractivity contribution is 7.14. The number of amides is 1. The van der Waals surface area contributed by atoms with Crippen molar-refractivity contribution in [1.82, 2.24) is 4.98 Å². The summed E-state index contributed by atoms with van der Waals surface area (Å²) in [7, 11) is 0. The lowest BCUT2D eigenvalue weighted by atomic mass is 10.1. The Morgan fingerprint density at radius 1 is 1.33 bits per heavy atom. The highest BCUT2D eigenvalue weighted by Gasteiger charge is 2.13. The van der Waals surface area contributed by atoms with Crippen LogP contribution in [0.1, 0.15) is 26.4 Å². The van der Waals surface area contributed by atoms with Crippen molar-refractivity contribution in [3.05, 3.63) is 46.5 Å². The molecule has 18 heavy (non-hydrogen) atoms. The number of benzene rings is 1. The third kappa shape index (κ3) is 2.54. The van der Waals surface area contributed by atoms with E-state index in [2.05, 4.69) is 10.3 Å². The molecule has 0 fully saturated rings. The highest BCUT2D eigenvalue weighted by atomic mass is 32.1. The van der Waals surface area contributed by atoms with E-state index in [0.717, 1.165) is 16.9 Å². The van der Waals surface area contributed by atoms with E-state index in [1.54, 1.807) is 12.1 Å². The van der Waals surface area contributed by atoms with E-state index in [1.807, 2.05) is 19.1 Å². The van der Waals surface area contributed by atoms with Gasteiger partial charge in [0.25, 0.3) is 5.91 Å². The van der Waals surface area contributed by atoms with Gasteiger partial charge < -0.3 is 5.11 Å². The van der Waals surface area contributed by atoms with Crippen LogP contribution in [0.3, 0.4) is 0 Å². The molecule has 0 spiro atoms. The van der Waals surface area contributed by atoms with Gasteiger partial charge in [0, 0.05) is 10.9 Å². The zero-order chi connectivity index (χ0) is 13.1. The molecule has 1 amide bonds. The summed E-state index contributed by atoms with van der Waals surface area (Å²) in [6.07, 6.45) is 0. The molecule has 2 aromatic rings. The van der Waals surface area contributed by atoms with Crippen LogP contribution in [0.4, 0.5) is 5.13 Å². The average molecular weight is 262 g/mol. The van der Waals surface area contributed by atoms with Crippen LogP contribution >= 0.6 is 11.3 Å². The Kier molecular flexibility index (Phi) is 3.38. The quantitative estimate of drug-likeness (QED) is 0.890. The number of carboxylic acid groups (broad SMARTS) is 1. The number of anilines is 1. The standard InChI is InChI=1S/C12H10N2O3S/c1-7-4-2-3-5-8(7)10(15)14-12-13-9(6-18-12)11(16)17/h2-6H,1H3,(H,16,17)(H,13,14,15). The third-order valence-electron chi connectivity index (χ3n) is 2.33. The lowest BCUT2D eigenvalue weighted by molar-refractivity contribution is 0.0691. The Hall–Kier alpha value is -2.21. The molecule has 1 aromatic carbocycles. The van der Waals surface area contributed by atoms with Gasteiger partial charge in [-0.1, -0.05) is 18.2 Å². The van der Waals surface area contributed by atoms with Gasteiger partial charge in [-0.3, -0.25) is 10.1 Å². The predicted octanol–water partition coefficient (Wildman–Crippen LogP) is 2.40. The lowest BCUT2D eigenvalue weighted by Crippen LogP contribution is -2.13. The summed E-state index contributed by atoms with van der Waals surface area (Å²) >= 11 is 1.08. The molecule has 2 rings (SSSR count). The minimum absolute atomic E-state index is 0.0694. The first-order valence-corrected chi connectivity index (χ1v) is 6.01. The van der Waals surface area contributed by atoms with Crippen LogP contribution in [0.5, 0.6) is 0 Å². The molecule has 0 saturated carbocycles. The van der Waals surface area contributed by atoms with Gasteiger partial charge in [-0.05, 0) is 18.6 Å². The summed E-state index contributed by atoms with van der Waals surface area (Å²) in [6, 6.07) is 7.15. The van der Waals surface area contributed by atoms with Crippen LogP contribution in [0, 0.1) is 6.92 Å². The number of aryl methyl sites for hydroxylation is 1. The number of thiazole rings is 1. The number of hydrogen-bond acceptors (Lipinski definition) is 4. The molecule has 0 atom stereocenters. The maximum Gasteiger partial charge on any atom is 0.355 e. The van der Waals surface area contributed by atoms with E-state index in [1.165, 1.54) is 5.38 Å². The van der Waals surface area contributed by atoms with Gasteiger partial charge in [0.1, 0.15) is 0 Å². The first kappa shape index (κ1) is 12.3. The maximum absolute atomic E-state index is 11.9. The molecule has 0 radical (unpaired) electrons. The second-order valence-corrected chi connectivity index (χ2v) is 4.47. The number of carbonyl (C=O) groups excluding carboxylic acids is 1. The Labute approximate surface area is 107 Å². The van der Waals surface area contributed by atoms with Gasteiger partial charge in [0.15, 0.2) is 10.8 Å². The van der Waals surface area contributed by atoms with Crippen LogP contribution in [-0.4, -0.2) is 22.0 Å². The summed E-state index contributed by atoms with van der Waals surface area (Å²) in [6.45, 7) is 1.83. The molecule has 0 bridgehead atoms. The fourth-order valence-electron chi connectivity index (χ4n) is 1.42. The Morgan fingerprint density at radius 3 is 2.67 bits per heavy atom. The third-order valence-corrected chi connectivity index (χ3v) is 3.09. The fraction of sp³-hybridized carbons (Fsp3) is 0.0833. The van der Waals surface area contributed by atoms with Gasteiger partial charge >= 0.3 is 5.97 Å². The van der Waals surface area contributed by atoms with Crippen molar-refractivity contribution in [2.75, 3.05) is 5.32 Å². The predicted molar refractivity (Wildman–Crippen MR) is 68.2 cm³/mol. The summed E-state index contributed by atoms with van der Waals surface area (Å²) in [5.41, 5.74) is 1.33. The van der Waals surface area contributed by atoms with Gasteiger partial charge in [0.05, 0.1) is 0 Å². The molecule has 0 aliphatic rings. The highest BCUT2D eigenvalue weighted by Crippen LogP contribution is 2.17. The van der Waals surface area contributed by atoms with Crippen LogP contribution in [-0.2, 0) is 0 Å². The SMILES string of the molecule is Cc1ccccc1C(=O)Nc1nc(C(=O)O)cs1. The smallest absolute Gasteiger partial charge is 0.355 e. The number of nitrogens with zero attached hydrogens (tertiary/aromatic N) is 1. The minimum Gasteiger partial charge on any atom is -0.476 e. The Balaban J connectivity index is 2.16. The maximum atomic E-state index is 11.9. The number of carboxylic acids is 1. The molecule has 5 nitrogen and oxygen atoms in total. The van der Waals surface area contributed by atoms with Crippen LogP contribution in [0.2, 0.25) is 0 Å². The zero-order valence-electron chi connectivity index (χ0n) is 9.51. The number of nitrogens with one attached hydrogen (secondary N) is 1. The Bertz CT molecular complexity index is 607. The normalized spacial score (nSPS) is 10.1. The number of aromatic nitrogens is 1. The van der Waals surface area contributed by atoms with Crippen LogP contribution < -0.4 is 5.32 Å². The monoisotopic (exact) mass is 262 g/mol. The minimum atomic E-state index is -1.11. The van der Waals surface area contributed by atoms with Crippen LogP contribution in [0.15, 0.2) is 29.6 Å². The molecule has 0 unspecified atom stereocenters. The Morgan fingerprint density at radius 2 is 2.06 bits per heavy atom. The summed E-state index contributed by atoms with van der Waals surface area (Å²) < 4.78 is 0. The fourth-order valence-corrected chi connectivity index (χ4v) is 2.10. The molecule has 1 heterocycles. The van der Waals surface area contributed by atoms with Gasteiger partial charge in [-0.15, -0.1) is 11.3 Å². The molecule has 0 saturated heterocycles. The summed E-state index contributed by atoms with van der Waals surface area (Å²) in [4.78, 5) is 26.4. The molecule has 92 valence electrons. The topological polar surface area (TPSA) is 79.3 Å². The molecule has 0 aliphatic heterocycles. The largest absolute Gasteiger partial charge is 0.476 e. The van der Waals surface area contributed by atoms with Gasteiger partial charge in [-0.25, -0.2) is 9.78 Å². The van der Waals surface area contributed by atoms with Crippen molar-refractivity contribution in [3.63, 3.8) is 0 Å². The van der Waals surface area contributed by atoms with Crippen molar-refractivity contribution in [1.29, 1.82) is 0 Å². The van der Waals surface area contributed by atoms with E-state index in [4.69, 9.17) is 5.11 Å². The van der Waals surface area contributed by atoms with E-state index in [-0.39, 0.29) is 16.7 Å².